The third-order valence-corrected chi connectivity index (χ3v) is 22.2. The third-order valence-electron chi connectivity index (χ3n) is 21.2. The van der Waals surface area contributed by atoms with Gasteiger partial charge in [0.2, 0.25) is 0 Å². The van der Waals surface area contributed by atoms with Crippen LogP contribution >= 0.6 is 22.6 Å². The highest BCUT2D eigenvalue weighted by Gasteiger charge is 2.33. The SMILES string of the molecule is C#Cc1ccc2c(c1)C(c1ccccc1I)=NCc1c(-c3ccco3)ncn1-2.C#Cc1ccc2c(c1)C(c1ccccc1[N+](=O)[O-])=NCc1c(-c3ccco3)ncn1-2.Fc1ccccc1C1=NCc2c(-c3ccco3)ncn2-c2ccc(C3CC3)cc21.c1ccc(C2=NCc3c(-c4ccco4)ncn3-c3ccc(C4CC4)cc32)cc1. The molecule has 21 heteroatoms. The first-order chi connectivity index (χ1) is 56.6. The van der Waals surface area contributed by atoms with Crippen LogP contribution in [0.4, 0.5) is 10.1 Å². The fourth-order valence-electron chi connectivity index (χ4n) is 15.3. The van der Waals surface area contributed by atoms with Gasteiger partial charge in [0.05, 0.1) is 130 Å². The summed E-state index contributed by atoms with van der Waals surface area (Å²) in [4.78, 5) is 49.3. The van der Waals surface area contributed by atoms with Gasteiger partial charge in [-0.25, -0.2) is 24.3 Å². The summed E-state index contributed by atoms with van der Waals surface area (Å²) >= 11 is 2.35. The van der Waals surface area contributed by atoms with Gasteiger partial charge in [-0.2, -0.15) is 0 Å². The highest BCUT2D eigenvalue weighted by molar-refractivity contribution is 14.1. The molecule has 0 spiro atoms. The van der Waals surface area contributed by atoms with Gasteiger partial charge in [0.1, 0.15) is 53.9 Å². The van der Waals surface area contributed by atoms with Crippen LogP contribution in [0, 0.1) is 44.2 Å². The molecule has 0 amide bonds. The van der Waals surface area contributed by atoms with Crippen molar-refractivity contribution in [1.29, 1.82) is 0 Å². The zero-order chi connectivity index (χ0) is 77.6. The molecule has 19 nitrogen and oxygen atoms in total. The number of aliphatic imine (C=N–C) groups is 4. The van der Waals surface area contributed by atoms with Crippen molar-refractivity contribution in [3.8, 4) is 93.3 Å². The Kier molecular flexibility index (Phi) is 18.7. The standard InChI is InChI=1S/C24H18FN3O.C24H19N3O.C23H14IN3O.C23H14N4O3/c25-19-5-2-1-4-17(19)23-18-12-16(15-7-8-15)9-10-20(18)28-14-27-24(21(28)13-26-23)22-6-3-11-29-22;1-2-5-17(6-3-1)23-19-13-18(16-8-9-16)10-11-20(19)27-15-26-24(21(27)14-25-23)22-7-4-12-28-22;1-2-15-9-10-19-17(12-15)22(16-6-3-4-7-18(16)24)25-13-20-23(26-14-27(19)20)21-8-5-11-28-21;1-2-15-9-10-18-17(12-15)22(16-6-3-4-7-19(16)27(28)29)24-13-20-23(25-14-26(18)20)21-8-5-11-30-21/h1-6,9-12,14-15H,7-8,13H2;1-7,10-13,15-16H,8-9,14H2;1,3-12,14H,13H2;1,3-12,14H,13H2. The lowest BCUT2D eigenvalue weighted by molar-refractivity contribution is -0.385. The first-order valence-electron chi connectivity index (χ1n) is 37.5. The van der Waals surface area contributed by atoms with Crippen LogP contribution in [0.2, 0.25) is 0 Å². The maximum absolute atomic E-state index is 14.7. The Morgan fingerprint density at radius 1 is 0.391 bits per heavy atom. The fraction of sp³-hybridized carbons (Fsp3) is 0.106. The van der Waals surface area contributed by atoms with Crippen LogP contribution < -0.4 is 0 Å². The van der Waals surface area contributed by atoms with Crippen molar-refractivity contribution < 1.29 is 27.0 Å². The number of fused-ring (bicyclic) bond motifs is 12. The topological polar surface area (TPSA) is 216 Å². The summed E-state index contributed by atoms with van der Waals surface area (Å²) in [7, 11) is 0. The molecule has 115 heavy (non-hydrogen) atoms. The molecule has 0 radical (unpaired) electrons. The van der Waals surface area contributed by atoms with Gasteiger partial charge in [-0.15, -0.1) is 12.8 Å². The molecule has 0 atom stereocenters. The summed E-state index contributed by atoms with van der Waals surface area (Å²) in [5.41, 5.74) is 25.3. The molecule has 0 bridgehead atoms. The maximum atomic E-state index is 14.7. The Bertz CT molecular complexity index is 6650. The fourth-order valence-corrected chi connectivity index (χ4v) is 16.0. The van der Waals surface area contributed by atoms with Gasteiger partial charge >= 0.3 is 0 Å². The second kappa shape index (κ2) is 30.3. The average Bonchev–Trinajstić information content (AvgIpc) is 1.63. The molecule has 556 valence electrons. The second-order valence-electron chi connectivity index (χ2n) is 28.2. The highest BCUT2D eigenvalue weighted by Crippen LogP contribution is 2.45. The molecule has 2 fully saturated rings. The molecule has 0 N–H and O–H groups in total. The van der Waals surface area contributed by atoms with E-state index in [2.05, 4.69) is 141 Å². The molecule has 22 rings (SSSR count). The zero-order valence-corrected chi connectivity index (χ0v) is 63.6. The summed E-state index contributed by atoms with van der Waals surface area (Å²) < 4.78 is 46.4. The molecule has 8 aromatic carbocycles. The molecule has 0 unspecified atom stereocenters. The Hall–Kier alpha value is -14.4. The zero-order valence-electron chi connectivity index (χ0n) is 61.5. The first-order valence-corrected chi connectivity index (χ1v) is 38.6. The first kappa shape index (κ1) is 70.9. The Morgan fingerprint density at radius 3 is 1.15 bits per heavy atom. The van der Waals surface area contributed by atoms with E-state index in [-0.39, 0.29) is 18.0 Å². The Balaban J connectivity index is 0.000000103. The van der Waals surface area contributed by atoms with Crippen LogP contribution in [-0.2, 0) is 26.2 Å². The van der Waals surface area contributed by atoms with Crippen molar-refractivity contribution in [3.05, 3.63) is 384 Å². The molecular weight excluding hydrogens is 1550 g/mol. The number of halogens is 2. The van der Waals surface area contributed by atoms with Crippen molar-refractivity contribution in [2.75, 3.05) is 0 Å². The average molecular weight is 1620 g/mol. The van der Waals surface area contributed by atoms with Crippen molar-refractivity contribution in [2.24, 2.45) is 20.0 Å². The molecule has 0 saturated heterocycles. The van der Waals surface area contributed by atoms with E-state index >= 15 is 0 Å². The number of rotatable bonds is 11. The number of imidazole rings is 4. The van der Waals surface area contributed by atoms with Crippen molar-refractivity contribution in [2.45, 2.75) is 63.7 Å². The summed E-state index contributed by atoms with van der Waals surface area (Å²) in [5, 5.41) is 11.7. The van der Waals surface area contributed by atoms with Crippen LogP contribution in [0.15, 0.2) is 312 Å². The number of nitrogens with zero attached hydrogens (tertiary/aromatic N) is 13. The molecule has 6 aliphatic rings. The van der Waals surface area contributed by atoms with Crippen molar-refractivity contribution in [1.82, 2.24) is 38.2 Å². The summed E-state index contributed by atoms with van der Waals surface area (Å²) in [6, 6.07) is 72.0. The monoisotopic (exact) mass is 1620 g/mol. The van der Waals surface area contributed by atoms with E-state index in [1.807, 2.05) is 127 Å². The number of benzene rings is 8. The molecular formula is C94H65FIN13O6. The van der Waals surface area contributed by atoms with E-state index in [4.69, 9.17) is 50.5 Å². The van der Waals surface area contributed by atoms with Gasteiger partial charge in [0, 0.05) is 59.7 Å². The number of nitro benzene ring substituents is 1. The van der Waals surface area contributed by atoms with Gasteiger partial charge in [-0.1, -0.05) is 96.8 Å². The number of furan rings is 4. The predicted molar refractivity (Wildman–Crippen MR) is 447 cm³/mol. The lowest BCUT2D eigenvalue weighted by Crippen LogP contribution is -2.09. The Morgan fingerprint density at radius 2 is 0.748 bits per heavy atom. The Labute approximate surface area is 672 Å². The van der Waals surface area contributed by atoms with Crippen molar-refractivity contribution >= 4 is 51.1 Å². The summed E-state index contributed by atoms with van der Waals surface area (Å²) in [6.07, 6.45) is 30.1. The molecule has 2 saturated carbocycles. The summed E-state index contributed by atoms with van der Waals surface area (Å²) in [6.45, 7) is 1.73. The maximum Gasteiger partial charge on any atom is 0.278 e. The largest absolute Gasteiger partial charge is 0.463 e. The quantitative estimate of drug-likeness (QED) is 0.0516. The highest BCUT2D eigenvalue weighted by atomic mass is 127. The third kappa shape index (κ3) is 13.5. The smallest absolute Gasteiger partial charge is 0.278 e. The van der Waals surface area contributed by atoms with Crippen LogP contribution in [0.1, 0.15) is 127 Å². The number of aromatic nitrogens is 8. The normalized spacial score (nSPS) is 13.9. The van der Waals surface area contributed by atoms with Gasteiger partial charge < -0.3 is 17.7 Å². The summed E-state index contributed by atoms with van der Waals surface area (Å²) in [5.74, 6) is 9.28. The number of hydrogen-bond acceptors (Lipinski definition) is 14. The lowest BCUT2D eigenvalue weighted by atomic mass is 9.96. The van der Waals surface area contributed by atoms with E-state index in [9.17, 15) is 14.5 Å². The van der Waals surface area contributed by atoms with Crippen LogP contribution in [-0.4, -0.2) is 66.0 Å². The van der Waals surface area contributed by atoms with Gasteiger partial charge in [-0.3, -0.25) is 48.4 Å². The number of nitro groups is 1. The van der Waals surface area contributed by atoms with E-state index in [0.29, 0.717) is 82.4 Å². The minimum atomic E-state index is -0.399. The minimum absolute atomic E-state index is 0.00993. The molecule has 12 heterocycles. The minimum Gasteiger partial charge on any atom is -0.463 e. The molecule has 2 aliphatic carbocycles. The number of para-hydroxylation sites is 1. The van der Waals surface area contributed by atoms with Gasteiger partial charge in [0.15, 0.2) is 23.0 Å². The lowest BCUT2D eigenvalue weighted by Gasteiger charge is -2.14. The van der Waals surface area contributed by atoms with Crippen LogP contribution in [0.5, 0.6) is 0 Å². The van der Waals surface area contributed by atoms with Crippen molar-refractivity contribution in [3.63, 3.8) is 0 Å². The van der Waals surface area contributed by atoms with Gasteiger partial charge in [-0.05, 0) is 205 Å². The van der Waals surface area contributed by atoms with E-state index in [0.717, 1.165) is 117 Å². The van der Waals surface area contributed by atoms with E-state index in [1.54, 1.807) is 67.8 Å². The van der Waals surface area contributed by atoms with E-state index < -0.39 is 4.92 Å². The number of hydrogen-bond donors (Lipinski definition) is 0. The van der Waals surface area contributed by atoms with E-state index in [1.165, 1.54) is 54.5 Å². The second-order valence-corrected chi connectivity index (χ2v) is 29.3. The van der Waals surface area contributed by atoms with Crippen LogP contribution in [0.3, 0.4) is 0 Å². The molecule has 8 aromatic heterocycles. The predicted octanol–water partition coefficient (Wildman–Crippen LogP) is 20.3. The van der Waals surface area contributed by atoms with Gasteiger partial charge in [0.25, 0.3) is 5.69 Å². The molecule has 4 aliphatic heterocycles. The van der Waals surface area contributed by atoms with Crippen LogP contribution in [0.25, 0.3) is 68.6 Å². The number of terminal acetylenes is 2. The molecule has 16 aromatic rings.